The highest BCUT2D eigenvalue weighted by Gasteiger charge is 2.01. The zero-order valence-electron chi connectivity index (χ0n) is 8.15. The van der Waals surface area contributed by atoms with Gasteiger partial charge in [0.05, 0.1) is 6.54 Å². The van der Waals surface area contributed by atoms with Crippen molar-refractivity contribution in [3.05, 3.63) is 33.0 Å². The lowest BCUT2D eigenvalue weighted by Crippen LogP contribution is -1.95. The number of anilines is 1. The molecule has 0 aliphatic carbocycles. The van der Waals surface area contributed by atoms with Crippen LogP contribution in [-0.2, 0) is 6.54 Å². The summed E-state index contributed by atoms with van der Waals surface area (Å²) in [5.41, 5.74) is 0. The summed E-state index contributed by atoms with van der Waals surface area (Å²) in [4.78, 5) is 7.30. The predicted molar refractivity (Wildman–Crippen MR) is 63.2 cm³/mol. The molecule has 76 valence electrons. The number of hydrogen-bond donors (Lipinski definition) is 1. The van der Waals surface area contributed by atoms with E-state index in [1.54, 1.807) is 11.3 Å². The average Bonchev–Trinajstić information content (AvgIpc) is 2.83. The van der Waals surface area contributed by atoms with Crippen molar-refractivity contribution in [2.45, 2.75) is 13.5 Å². The maximum atomic E-state index is 8.67. The fourth-order valence-corrected chi connectivity index (χ4v) is 2.54. The Kier molecular flexibility index (Phi) is 2.99. The van der Waals surface area contributed by atoms with Crippen LogP contribution in [0.25, 0.3) is 0 Å². The van der Waals surface area contributed by atoms with Crippen LogP contribution in [-0.4, -0.2) is 4.98 Å². The van der Waals surface area contributed by atoms with Crippen molar-refractivity contribution in [2.24, 2.45) is 0 Å². The fraction of sp³-hybridized carbons (Fsp3) is 0.200. The Balaban J connectivity index is 1.96. The van der Waals surface area contributed by atoms with E-state index >= 15 is 0 Å². The molecule has 0 aliphatic heterocycles. The minimum Gasteiger partial charge on any atom is -0.357 e. The van der Waals surface area contributed by atoms with Crippen molar-refractivity contribution in [2.75, 3.05) is 5.32 Å². The van der Waals surface area contributed by atoms with Gasteiger partial charge in [-0.3, -0.25) is 0 Å². The summed E-state index contributed by atoms with van der Waals surface area (Å²) in [7, 11) is 0. The lowest BCUT2D eigenvalue weighted by molar-refractivity contribution is 1.17. The lowest BCUT2D eigenvalue weighted by Gasteiger charge is -1.98. The summed E-state index contributed by atoms with van der Waals surface area (Å²) in [6, 6.07) is 5.94. The van der Waals surface area contributed by atoms with Crippen molar-refractivity contribution in [1.82, 2.24) is 4.98 Å². The number of rotatable bonds is 3. The van der Waals surface area contributed by atoms with Gasteiger partial charge < -0.3 is 5.32 Å². The average molecular weight is 235 g/mol. The van der Waals surface area contributed by atoms with Gasteiger partial charge in [-0.15, -0.1) is 22.7 Å². The zero-order valence-corrected chi connectivity index (χ0v) is 9.78. The van der Waals surface area contributed by atoms with Gasteiger partial charge in [-0.05, 0) is 19.1 Å². The SMILES string of the molecule is Cc1cnc(NCc2ccc(C#N)s2)s1. The van der Waals surface area contributed by atoms with Gasteiger partial charge in [0.2, 0.25) is 0 Å². The molecular formula is C10H9N3S2. The minimum absolute atomic E-state index is 0.735. The number of hydrogen-bond acceptors (Lipinski definition) is 5. The van der Waals surface area contributed by atoms with E-state index in [1.165, 1.54) is 16.2 Å². The summed E-state index contributed by atoms with van der Waals surface area (Å²) < 4.78 is 0. The Morgan fingerprint density at radius 3 is 2.93 bits per heavy atom. The maximum Gasteiger partial charge on any atom is 0.183 e. The number of thiazole rings is 1. The molecule has 0 saturated carbocycles. The van der Waals surface area contributed by atoms with E-state index < -0.39 is 0 Å². The van der Waals surface area contributed by atoms with Gasteiger partial charge in [-0.1, -0.05) is 0 Å². The van der Waals surface area contributed by atoms with E-state index in [1.807, 2.05) is 25.3 Å². The molecule has 0 saturated heterocycles. The fourth-order valence-electron chi connectivity index (χ4n) is 1.13. The van der Waals surface area contributed by atoms with E-state index in [2.05, 4.69) is 16.4 Å². The number of nitrogens with one attached hydrogen (secondary N) is 1. The molecule has 2 rings (SSSR count). The van der Waals surface area contributed by atoms with Gasteiger partial charge in [-0.25, -0.2) is 4.98 Å². The second-order valence-corrected chi connectivity index (χ2v) is 5.41. The van der Waals surface area contributed by atoms with Gasteiger partial charge in [0, 0.05) is 16.0 Å². The van der Waals surface area contributed by atoms with Gasteiger partial charge in [0.25, 0.3) is 0 Å². The Morgan fingerprint density at radius 1 is 1.47 bits per heavy atom. The Hall–Kier alpha value is -1.38. The normalized spacial score (nSPS) is 9.87. The van der Waals surface area contributed by atoms with Crippen molar-refractivity contribution in [3.63, 3.8) is 0 Å². The van der Waals surface area contributed by atoms with E-state index in [-0.39, 0.29) is 0 Å². The largest absolute Gasteiger partial charge is 0.357 e. The summed E-state index contributed by atoms with van der Waals surface area (Å²) in [6.45, 7) is 2.76. The summed E-state index contributed by atoms with van der Waals surface area (Å²) >= 11 is 3.15. The predicted octanol–water partition coefficient (Wildman–Crippen LogP) is 3.00. The van der Waals surface area contributed by atoms with E-state index in [0.717, 1.165) is 21.4 Å². The second kappa shape index (κ2) is 4.43. The van der Waals surface area contributed by atoms with E-state index in [4.69, 9.17) is 5.26 Å². The molecule has 0 unspecified atom stereocenters. The molecule has 2 aromatic heterocycles. The monoisotopic (exact) mass is 235 g/mol. The van der Waals surface area contributed by atoms with Crippen molar-refractivity contribution in [1.29, 1.82) is 5.26 Å². The molecule has 0 atom stereocenters. The number of aryl methyl sites for hydroxylation is 1. The molecule has 2 aromatic rings. The molecule has 15 heavy (non-hydrogen) atoms. The van der Waals surface area contributed by atoms with Crippen LogP contribution >= 0.6 is 22.7 Å². The van der Waals surface area contributed by atoms with Crippen LogP contribution in [0.2, 0.25) is 0 Å². The topological polar surface area (TPSA) is 48.7 Å². The summed E-state index contributed by atoms with van der Waals surface area (Å²) in [5, 5.41) is 12.8. The van der Waals surface area contributed by atoms with Crippen molar-refractivity contribution < 1.29 is 0 Å². The van der Waals surface area contributed by atoms with Crippen LogP contribution in [0.4, 0.5) is 5.13 Å². The van der Waals surface area contributed by atoms with Crippen LogP contribution in [0.3, 0.4) is 0 Å². The highest BCUT2D eigenvalue weighted by Crippen LogP contribution is 2.20. The van der Waals surface area contributed by atoms with Crippen LogP contribution in [0.1, 0.15) is 14.6 Å². The number of nitrogens with zero attached hydrogens (tertiary/aromatic N) is 2. The molecule has 0 radical (unpaired) electrons. The molecule has 5 heteroatoms. The van der Waals surface area contributed by atoms with Gasteiger partial charge >= 0.3 is 0 Å². The number of nitriles is 1. The van der Waals surface area contributed by atoms with Crippen molar-refractivity contribution in [3.8, 4) is 6.07 Å². The standard InChI is InChI=1S/C10H9N3S2/c1-7-5-12-10(14-7)13-6-9-3-2-8(4-11)15-9/h2-3,5H,6H2,1H3,(H,12,13). The smallest absolute Gasteiger partial charge is 0.183 e. The van der Waals surface area contributed by atoms with Crippen LogP contribution in [0.15, 0.2) is 18.3 Å². The molecule has 0 fully saturated rings. The van der Waals surface area contributed by atoms with E-state index in [0.29, 0.717) is 0 Å². The highest BCUT2D eigenvalue weighted by atomic mass is 32.1. The van der Waals surface area contributed by atoms with Gasteiger partial charge in [-0.2, -0.15) is 5.26 Å². The zero-order chi connectivity index (χ0) is 10.7. The molecule has 0 spiro atoms. The quantitative estimate of drug-likeness (QED) is 0.889. The third-order valence-corrected chi connectivity index (χ3v) is 3.67. The first kappa shape index (κ1) is 10.1. The third kappa shape index (κ3) is 2.55. The van der Waals surface area contributed by atoms with Gasteiger partial charge in [0.15, 0.2) is 5.13 Å². The first-order valence-corrected chi connectivity index (χ1v) is 6.06. The summed E-state index contributed by atoms with van der Waals surface area (Å²) in [5.74, 6) is 0. The molecule has 0 amide bonds. The molecule has 0 bridgehead atoms. The molecule has 2 heterocycles. The Bertz CT molecular complexity index is 493. The van der Waals surface area contributed by atoms with Crippen molar-refractivity contribution >= 4 is 27.8 Å². The molecular weight excluding hydrogens is 226 g/mol. The second-order valence-electron chi connectivity index (χ2n) is 3.01. The molecule has 3 nitrogen and oxygen atoms in total. The Morgan fingerprint density at radius 2 is 2.33 bits per heavy atom. The third-order valence-electron chi connectivity index (χ3n) is 1.81. The lowest BCUT2D eigenvalue weighted by atomic mass is 10.4. The first-order chi connectivity index (χ1) is 7.28. The maximum absolute atomic E-state index is 8.67. The minimum atomic E-state index is 0.735. The molecule has 0 aliphatic rings. The van der Waals surface area contributed by atoms with E-state index in [9.17, 15) is 0 Å². The number of thiophene rings is 1. The first-order valence-electron chi connectivity index (χ1n) is 4.43. The van der Waals surface area contributed by atoms with Crippen LogP contribution < -0.4 is 5.32 Å². The molecule has 0 aromatic carbocycles. The number of aromatic nitrogens is 1. The molecule has 1 N–H and O–H groups in total. The van der Waals surface area contributed by atoms with Crippen LogP contribution in [0, 0.1) is 18.3 Å². The highest BCUT2D eigenvalue weighted by molar-refractivity contribution is 7.15. The van der Waals surface area contributed by atoms with Gasteiger partial charge in [0.1, 0.15) is 10.9 Å². The van der Waals surface area contributed by atoms with Crippen LogP contribution in [0.5, 0.6) is 0 Å². The Labute approximate surface area is 96.0 Å². The summed E-state index contributed by atoms with van der Waals surface area (Å²) in [6.07, 6.45) is 1.85.